The molecule has 128 valence electrons. The van der Waals surface area contributed by atoms with Gasteiger partial charge in [0.05, 0.1) is 23.2 Å². The fourth-order valence-electron chi connectivity index (χ4n) is 2.63. The van der Waals surface area contributed by atoms with Crippen molar-refractivity contribution < 1.29 is 23.6 Å². The smallest absolute Gasteiger partial charge is 0.339 e. The molecule has 0 saturated heterocycles. The van der Waals surface area contributed by atoms with Gasteiger partial charge in [0.2, 0.25) is 5.89 Å². The maximum Gasteiger partial charge on any atom is 0.339 e. The molecule has 26 heavy (non-hydrogen) atoms. The van der Waals surface area contributed by atoms with Crippen molar-refractivity contribution in [1.82, 2.24) is 10.0 Å². The van der Waals surface area contributed by atoms with Crippen molar-refractivity contribution in [2.75, 3.05) is 0 Å². The van der Waals surface area contributed by atoms with Gasteiger partial charge in [0.25, 0.3) is 11.8 Å². The number of benzene rings is 2. The van der Waals surface area contributed by atoms with E-state index in [9.17, 15) is 14.4 Å². The lowest BCUT2D eigenvalue weighted by Gasteiger charge is -2.11. The van der Waals surface area contributed by atoms with Gasteiger partial charge in [0, 0.05) is 5.56 Å². The molecule has 2 amide bonds. The summed E-state index contributed by atoms with van der Waals surface area (Å²) in [6, 6.07) is 15.5. The molecule has 2 aromatic carbocycles. The molecule has 3 aromatic rings. The van der Waals surface area contributed by atoms with E-state index in [1.807, 2.05) is 30.3 Å². The highest BCUT2D eigenvalue weighted by molar-refractivity contribution is 6.20. The van der Waals surface area contributed by atoms with Crippen molar-refractivity contribution in [3.8, 4) is 11.5 Å². The molecule has 0 radical (unpaired) electrons. The molecule has 0 aliphatic carbocycles. The first-order chi connectivity index (χ1) is 12.6. The van der Waals surface area contributed by atoms with E-state index in [1.54, 1.807) is 12.1 Å². The van der Waals surface area contributed by atoms with Crippen LogP contribution in [0.3, 0.4) is 0 Å². The van der Waals surface area contributed by atoms with Crippen LogP contribution in [-0.2, 0) is 16.1 Å². The number of rotatable bonds is 4. The zero-order valence-corrected chi connectivity index (χ0v) is 13.4. The Labute approximate surface area is 147 Å². The highest BCUT2D eigenvalue weighted by Crippen LogP contribution is 2.23. The van der Waals surface area contributed by atoms with Gasteiger partial charge in [-0.25, -0.2) is 9.78 Å². The molecule has 1 aliphatic heterocycles. The highest BCUT2D eigenvalue weighted by Gasteiger charge is 2.38. The van der Waals surface area contributed by atoms with Gasteiger partial charge in [0.1, 0.15) is 6.26 Å². The van der Waals surface area contributed by atoms with Crippen LogP contribution in [0.5, 0.6) is 0 Å². The standard InChI is InChI=1S/C19H12N2O5/c22-16(10-13-11-25-17(20-13)12-6-2-1-3-7-12)26-21-18(23)14-8-4-5-9-15(14)19(21)24/h1-9,11H,10H2. The van der Waals surface area contributed by atoms with Gasteiger partial charge in [-0.1, -0.05) is 35.4 Å². The third-order valence-electron chi connectivity index (χ3n) is 3.85. The highest BCUT2D eigenvalue weighted by atomic mass is 16.7. The number of hydrogen-bond donors (Lipinski definition) is 0. The second-order valence-electron chi connectivity index (χ2n) is 5.60. The Morgan fingerprint density at radius 1 is 0.962 bits per heavy atom. The zero-order valence-electron chi connectivity index (χ0n) is 13.4. The normalized spacial score (nSPS) is 13.0. The van der Waals surface area contributed by atoms with Crippen molar-refractivity contribution in [2.24, 2.45) is 0 Å². The van der Waals surface area contributed by atoms with E-state index in [0.29, 0.717) is 16.6 Å². The maximum absolute atomic E-state index is 12.2. The molecule has 1 aliphatic rings. The van der Waals surface area contributed by atoms with E-state index in [4.69, 9.17) is 9.25 Å². The summed E-state index contributed by atoms with van der Waals surface area (Å²) in [4.78, 5) is 45.6. The van der Waals surface area contributed by atoms with Crippen molar-refractivity contribution >= 4 is 17.8 Å². The minimum atomic E-state index is -0.785. The topological polar surface area (TPSA) is 89.7 Å². The summed E-state index contributed by atoms with van der Waals surface area (Å²) in [5.41, 5.74) is 1.52. The quantitative estimate of drug-likeness (QED) is 0.673. The van der Waals surface area contributed by atoms with Crippen molar-refractivity contribution in [1.29, 1.82) is 0 Å². The first-order valence-corrected chi connectivity index (χ1v) is 7.82. The number of carbonyl (C=O) groups excluding carboxylic acids is 3. The molecule has 1 aromatic heterocycles. The molecule has 7 heteroatoms. The Morgan fingerprint density at radius 2 is 1.58 bits per heavy atom. The van der Waals surface area contributed by atoms with E-state index < -0.39 is 17.8 Å². The van der Waals surface area contributed by atoms with Crippen LogP contribution >= 0.6 is 0 Å². The molecule has 0 bridgehead atoms. The van der Waals surface area contributed by atoms with Crippen LogP contribution in [0.4, 0.5) is 0 Å². The van der Waals surface area contributed by atoms with Crippen LogP contribution in [0.25, 0.3) is 11.5 Å². The van der Waals surface area contributed by atoms with E-state index >= 15 is 0 Å². The summed E-state index contributed by atoms with van der Waals surface area (Å²) in [5, 5.41) is 0.477. The summed E-state index contributed by atoms with van der Waals surface area (Å²) in [5.74, 6) is -1.74. The zero-order chi connectivity index (χ0) is 18.1. The Bertz CT molecular complexity index is 975. The molecule has 0 N–H and O–H groups in total. The van der Waals surface area contributed by atoms with Crippen LogP contribution in [0.1, 0.15) is 26.4 Å². The lowest BCUT2D eigenvalue weighted by Crippen LogP contribution is -2.33. The number of oxazole rings is 1. The Balaban J connectivity index is 1.45. The fraction of sp³-hybridized carbons (Fsp3) is 0.0526. The van der Waals surface area contributed by atoms with Crippen LogP contribution in [0.2, 0.25) is 0 Å². The number of hydroxylamine groups is 2. The predicted molar refractivity (Wildman–Crippen MR) is 88.7 cm³/mol. The van der Waals surface area contributed by atoms with Crippen LogP contribution in [0.15, 0.2) is 65.3 Å². The van der Waals surface area contributed by atoms with E-state index in [2.05, 4.69) is 4.98 Å². The monoisotopic (exact) mass is 348 g/mol. The van der Waals surface area contributed by atoms with E-state index in [-0.39, 0.29) is 17.5 Å². The lowest BCUT2D eigenvalue weighted by atomic mass is 10.1. The first kappa shape index (κ1) is 15.8. The molecule has 2 heterocycles. The fourth-order valence-corrected chi connectivity index (χ4v) is 2.63. The molecule has 7 nitrogen and oxygen atoms in total. The van der Waals surface area contributed by atoms with Crippen LogP contribution in [0, 0.1) is 0 Å². The molecule has 4 rings (SSSR count). The molecule has 0 unspecified atom stereocenters. The number of fused-ring (bicyclic) bond motifs is 1. The SMILES string of the molecule is O=C(Cc1coc(-c2ccccc2)n1)ON1C(=O)c2ccccc2C1=O. The number of nitrogens with zero attached hydrogens (tertiary/aromatic N) is 2. The van der Waals surface area contributed by atoms with Crippen molar-refractivity contribution in [3.63, 3.8) is 0 Å². The lowest BCUT2D eigenvalue weighted by molar-refractivity contribution is -0.167. The Kier molecular flexibility index (Phi) is 3.81. The van der Waals surface area contributed by atoms with Crippen molar-refractivity contribution in [2.45, 2.75) is 6.42 Å². The average Bonchev–Trinajstić information content (AvgIpc) is 3.22. The van der Waals surface area contributed by atoms with Gasteiger partial charge in [-0.2, -0.15) is 0 Å². The van der Waals surface area contributed by atoms with Crippen LogP contribution in [-0.4, -0.2) is 27.8 Å². The molecule has 0 saturated carbocycles. The first-order valence-electron chi connectivity index (χ1n) is 7.82. The summed E-state index contributed by atoms with van der Waals surface area (Å²) >= 11 is 0. The molecule has 0 fully saturated rings. The minimum absolute atomic E-state index is 0.207. The number of hydrogen-bond acceptors (Lipinski definition) is 6. The van der Waals surface area contributed by atoms with E-state index in [0.717, 1.165) is 5.56 Å². The van der Waals surface area contributed by atoms with Gasteiger partial charge < -0.3 is 9.25 Å². The summed E-state index contributed by atoms with van der Waals surface area (Å²) in [6.45, 7) is 0. The summed E-state index contributed by atoms with van der Waals surface area (Å²) in [7, 11) is 0. The number of carbonyl (C=O) groups is 3. The van der Waals surface area contributed by atoms with Crippen molar-refractivity contribution in [3.05, 3.63) is 77.7 Å². The number of amides is 2. The van der Waals surface area contributed by atoms with Crippen LogP contribution < -0.4 is 0 Å². The third-order valence-corrected chi connectivity index (χ3v) is 3.85. The second-order valence-corrected chi connectivity index (χ2v) is 5.60. The maximum atomic E-state index is 12.2. The molecular weight excluding hydrogens is 336 g/mol. The average molecular weight is 348 g/mol. The number of imide groups is 1. The number of aromatic nitrogens is 1. The largest absolute Gasteiger partial charge is 0.444 e. The van der Waals surface area contributed by atoms with Gasteiger partial charge in [-0.05, 0) is 24.3 Å². The Hall–Kier alpha value is -3.74. The summed E-state index contributed by atoms with van der Waals surface area (Å²) < 4.78 is 5.35. The molecule has 0 atom stereocenters. The molecular formula is C19H12N2O5. The van der Waals surface area contributed by atoms with E-state index in [1.165, 1.54) is 18.4 Å². The Morgan fingerprint density at radius 3 is 2.23 bits per heavy atom. The van der Waals surface area contributed by atoms with Gasteiger partial charge in [-0.3, -0.25) is 9.59 Å². The third kappa shape index (κ3) is 2.75. The second kappa shape index (κ2) is 6.29. The minimum Gasteiger partial charge on any atom is -0.444 e. The van der Waals surface area contributed by atoms with Gasteiger partial charge in [-0.15, -0.1) is 0 Å². The van der Waals surface area contributed by atoms with Gasteiger partial charge in [0.15, 0.2) is 0 Å². The summed E-state index contributed by atoms with van der Waals surface area (Å²) in [6.07, 6.45) is 1.11. The molecule has 0 spiro atoms. The predicted octanol–water partition coefficient (Wildman–Crippen LogP) is 2.64. The van der Waals surface area contributed by atoms with Gasteiger partial charge >= 0.3 is 5.97 Å².